The summed E-state index contributed by atoms with van der Waals surface area (Å²) in [5, 5.41) is 7.79. The van der Waals surface area contributed by atoms with E-state index in [-0.39, 0.29) is 6.61 Å². The van der Waals surface area contributed by atoms with E-state index >= 15 is 0 Å². The average Bonchev–Trinajstić information content (AvgIpc) is 2.54. The van der Waals surface area contributed by atoms with Crippen molar-refractivity contribution in [2.24, 2.45) is 4.99 Å². The SMILES string of the molecule is C1CCC2=NCCCN2CC1.COCC(=O)O. The summed E-state index contributed by atoms with van der Waals surface area (Å²) < 4.78 is 4.20. The summed E-state index contributed by atoms with van der Waals surface area (Å²) in [4.78, 5) is 16.5. The van der Waals surface area contributed by atoms with E-state index < -0.39 is 5.97 Å². The van der Waals surface area contributed by atoms with E-state index in [4.69, 9.17) is 5.11 Å². The van der Waals surface area contributed by atoms with E-state index in [9.17, 15) is 4.79 Å². The first-order valence-corrected chi connectivity index (χ1v) is 6.23. The van der Waals surface area contributed by atoms with E-state index in [1.807, 2.05) is 0 Å². The second-order valence-electron chi connectivity index (χ2n) is 4.28. The molecular weight excluding hydrogens is 220 g/mol. The van der Waals surface area contributed by atoms with E-state index in [0.717, 1.165) is 6.54 Å². The molecule has 0 aromatic rings. The number of aliphatic imine (C=N–C) groups is 1. The maximum absolute atomic E-state index is 9.47. The maximum atomic E-state index is 9.47. The number of hydrogen-bond donors (Lipinski definition) is 1. The Morgan fingerprint density at radius 1 is 1.35 bits per heavy atom. The van der Waals surface area contributed by atoms with Crippen LogP contribution in [0.3, 0.4) is 0 Å². The fourth-order valence-corrected chi connectivity index (χ4v) is 2.06. The molecule has 0 unspecified atom stereocenters. The van der Waals surface area contributed by atoms with Crippen LogP contribution >= 0.6 is 0 Å². The standard InChI is InChI=1S/C9H16N2.C3H6O3/c1-2-5-9-10-6-4-8-11(9)7-3-1;1-6-2-3(4)5/h1-8H2;2H2,1H3,(H,4,5). The Hall–Kier alpha value is -1.10. The number of aliphatic carboxylic acids is 1. The highest BCUT2D eigenvalue weighted by molar-refractivity contribution is 5.83. The smallest absolute Gasteiger partial charge is 0.329 e. The first-order chi connectivity index (χ1) is 8.24. The molecule has 2 aliphatic rings. The van der Waals surface area contributed by atoms with Crippen LogP contribution in [-0.4, -0.2) is 55.2 Å². The van der Waals surface area contributed by atoms with E-state index in [0.29, 0.717) is 0 Å². The third kappa shape index (κ3) is 5.68. The number of ether oxygens (including phenoxy) is 1. The molecule has 0 amide bonds. The Kier molecular flexibility index (Phi) is 6.62. The van der Waals surface area contributed by atoms with Gasteiger partial charge in [-0.2, -0.15) is 0 Å². The van der Waals surface area contributed by atoms with Crippen LogP contribution in [0.25, 0.3) is 0 Å². The molecule has 98 valence electrons. The summed E-state index contributed by atoms with van der Waals surface area (Å²) in [7, 11) is 1.34. The van der Waals surface area contributed by atoms with Gasteiger partial charge >= 0.3 is 5.97 Å². The number of fused-ring (bicyclic) bond motifs is 1. The van der Waals surface area contributed by atoms with Crippen molar-refractivity contribution >= 4 is 11.8 Å². The molecule has 5 heteroatoms. The van der Waals surface area contributed by atoms with Gasteiger partial charge in [-0.15, -0.1) is 0 Å². The summed E-state index contributed by atoms with van der Waals surface area (Å²) in [5.74, 6) is 0.464. The Morgan fingerprint density at radius 2 is 2.12 bits per heavy atom. The molecule has 2 rings (SSSR count). The first-order valence-electron chi connectivity index (χ1n) is 6.23. The van der Waals surface area contributed by atoms with Crippen molar-refractivity contribution < 1.29 is 14.6 Å². The molecule has 0 aromatic heterocycles. The number of amidine groups is 1. The van der Waals surface area contributed by atoms with Crippen molar-refractivity contribution in [1.29, 1.82) is 0 Å². The highest BCUT2D eigenvalue weighted by atomic mass is 16.5. The minimum absolute atomic E-state index is 0.208. The van der Waals surface area contributed by atoms with Gasteiger partial charge in [0.1, 0.15) is 6.61 Å². The minimum atomic E-state index is -0.933. The van der Waals surface area contributed by atoms with Gasteiger partial charge in [0.25, 0.3) is 0 Å². The number of methoxy groups -OCH3 is 1. The number of hydrogen-bond acceptors (Lipinski definition) is 4. The Balaban J connectivity index is 0.000000209. The normalized spacial score (nSPS) is 19.4. The zero-order valence-electron chi connectivity index (χ0n) is 10.5. The maximum Gasteiger partial charge on any atom is 0.329 e. The summed E-state index contributed by atoms with van der Waals surface area (Å²) in [5.41, 5.74) is 0. The molecule has 1 fully saturated rings. The van der Waals surface area contributed by atoms with Gasteiger partial charge in [0.15, 0.2) is 0 Å². The lowest BCUT2D eigenvalue weighted by Crippen LogP contribution is -2.34. The average molecular weight is 242 g/mol. The van der Waals surface area contributed by atoms with Crippen LogP contribution in [0.5, 0.6) is 0 Å². The lowest BCUT2D eigenvalue weighted by molar-refractivity contribution is -0.141. The lowest BCUT2D eigenvalue weighted by atomic mass is 10.2. The highest BCUT2D eigenvalue weighted by Gasteiger charge is 2.16. The molecule has 0 radical (unpaired) electrons. The minimum Gasteiger partial charge on any atom is -0.480 e. The van der Waals surface area contributed by atoms with Gasteiger partial charge in [0.05, 0.1) is 5.84 Å². The molecule has 0 aromatic carbocycles. The van der Waals surface area contributed by atoms with Crippen LogP contribution in [0.2, 0.25) is 0 Å². The first kappa shape index (κ1) is 14.0. The monoisotopic (exact) mass is 242 g/mol. The molecule has 2 heterocycles. The van der Waals surface area contributed by atoms with Crippen LogP contribution in [-0.2, 0) is 9.53 Å². The van der Waals surface area contributed by atoms with Gasteiger partial charge in [-0.1, -0.05) is 6.42 Å². The Labute approximate surface area is 102 Å². The molecule has 1 N–H and O–H groups in total. The summed E-state index contributed by atoms with van der Waals surface area (Å²) in [6.07, 6.45) is 6.63. The van der Waals surface area contributed by atoms with Crippen molar-refractivity contribution in [3.05, 3.63) is 0 Å². The molecule has 0 atom stereocenters. The predicted molar refractivity (Wildman–Crippen MR) is 66.5 cm³/mol. The molecule has 0 aliphatic carbocycles. The third-order valence-corrected chi connectivity index (χ3v) is 2.84. The van der Waals surface area contributed by atoms with Crippen molar-refractivity contribution in [3.63, 3.8) is 0 Å². The van der Waals surface area contributed by atoms with E-state index in [1.165, 1.54) is 58.1 Å². The number of nitrogens with zero attached hydrogens (tertiary/aromatic N) is 2. The van der Waals surface area contributed by atoms with Crippen molar-refractivity contribution in [1.82, 2.24) is 4.90 Å². The van der Waals surface area contributed by atoms with Gasteiger partial charge in [0.2, 0.25) is 0 Å². The second-order valence-corrected chi connectivity index (χ2v) is 4.28. The van der Waals surface area contributed by atoms with Crippen LogP contribution in [0.4, 0.5) is 0 Å². The van der Waals surface area contributed by atoms with Gasteiger partial charge in [-0.3, -0.25) is 4.99 Å². The molecule has 0 saturated carbocycles. The van der Waals surface area contributed by atoms with Gasteiger partial charge in [-0.25, -0.2) is 4.79 Å². The van der Waals surface area contributed by atoms with Gasteiger partial charge in [0, 0.05) is 33.2 Å². The number of rotatable bonds is 2. The van der Waals surface area contributed by atoms with Gasteiger partial charge in [-0.05, 0) is 19.3 Å². The lowest BCUT2D eigenvalue weighted by Gasteiger charge is -2.27. The van der Waals surface area contributed by atoms with Crippen LogP contribution in [0, 0.1) is 0 Å². The Morgan fingerprint density at radius 3 is 2.76 bits per heavy atom. The number of carboxylic acids is 1. The summed E-state index contributed by atoms with van der Waals surface area (Å²) in [6.45, 7) is 3.39. The summed E-state index contributed by atoms with van der Waals surface area (Å²) in [6, 6.07) is 0. The molecule has 1 saturated heterocycles. The second kappa shape index (κ2) is 8.06. The molecule has 2 aliphatic heterocycles. The molecule has 17 heavy (non-hydrogen) atoms. The number of carbonyl (C=O) groups is 1. The van der Waals surface area contributed by atoms with Crippen LogP contribution in [0.1, 0.15) is 32.1 Å². The number of carboxylic acid groups (broad SMARTS) is 1. The van der Waals surface area contributed by atoms with Crippen LogP contribution in [0.15, 0.2) is 4.99 Å². The largest absolute Gasteiger partial charge is 0.480 e. The van der Waals surface area contributed by atoms with E-state index in [1.54, 1.807) is 0 Å². The quantitative estimate of drug-likeness (QED) is 0.794. The van der Waals surface area contributed by atoms with Gasteiger partial charge < -0.3 is 14.7 Å². The summed E-state index contributed by atoms with van der Waals surface area (Å²) >= 11 is 0. The molecule has 0 bridgehead atoms. The van der Waals surface area contributed by atoms with Crippen molar-refractivity contribution in [3.8, 4) is 0 Å². The van der Waals surface area contributed by atoms with Crippen LogP contribution < -0.4 is 0 Å². The third-order valence-electron chi connectivity index (χ3n) is 2.84. The van der Waals surface area contributed by atoms with Crippen molar-refractivity contribution in [2.45, 2.75) is 32.1 Å². The van der Waals surface area contributed by atoms with Crippen molar-refractivity contribution in [2.75, 3.05) is 33.4 Å². The Bertz CT molecular complexity index is 266. The highest BCUT2D eigenvalue weighted by Crippen LogP contribution is 2.15. The topological polar surface area (TPSA) is 62.1 Å². The predicted octanol–water partition coefficient (Wildman–Crippen LogP) is 1.38. The fourth-order valence-electron chi connectivity index (χ4n) is 2.06. The molecule has 0 spiro atoms. The molecule has 5 nitrogen and oxygen atoms in total. The van der Waals surface area contributed by atoms with E-state index in [2.05, 4.69) is 14.6 Å². The zero-order chi connectivity index (χ0) is 12.5. The molecular formula is C12H22N2O3. The zero-order valence-corrected chi connectivity index (χ0v) is 10.5. The fraction of sp³-hybridized carbons (Fsp3) is 0.833.